The first kappa shape index (κ1) is 22.5. The summed E-state index contributed by atoms with van der Waals surface area (Å²) >= 11 is 0. The molecule has 1 aromatic carbocycles. The number of hydrogen-bond donors (Lipinski definition) is 2. The summed E-state index contributed by atoms with van der Waals surface area (Å²) < 4.78 is 2.16. The Bertz CT molecular complexity index is 1350. The van der Waals surface area contributed by atoms with Crippen LogP contribution in [0.1, 0.15) is 60.4 Å². The normalized spacial score (nSPS) is 11.3. The Balaban J connectivity index is 1.74. The van der Waals surface area contributed by atoms with Gasteiger partial charge in [-0.25, -0.2) is 0 Å². The van der Waals surface area contributed by atoms with Crippen LogP contribution in [-0.2, 0) is 13.0 Å². The first-order valence-electron chi connectivity index (χ1n) is 11.4. The van der Waals surface area contributed by atoms with E-state index in [1.54, 1.807) is 12.4 Å². The number of rotatable bonds is 7. The van der Waals surface area contributed by atoms with E-state index in [-0.39, 0.29) is 24.1 Å². The van der Waals surface area contributed by atoms with Gasteiger partial charge in [-0.3, -0.25) is 14.6 Å². The van der Waals surface area contributed by atoms with Crippen molar-refractivity contribution in [3.63, 3.8) is 0 Å². The van der Waals surface area contributed by atoms with Gasteiger partial charge in [0.1, 0.15) is 0 Å². The zero-order valence-electron chi connectivity index (χ0n) is 19.6. The van der Waals surface area contributed by atoms with Crippen molar-refractivity contribution < 1.29 is 4.79 Å². The molecule has 0 unspecified atom stereocenters. The Labute approximate surface area is 193 Å². The molecule has 0 bridgehead atoms. The number of benzene rings is 1. The Morgan fingerprint density at radius 1 is 1.18 bits per heavy atom. The molecule has 0 saturated heterocycles. The summed E-state index contributed by atoms with van der Waals surface area (Å²) in [6, 6.07) is 12.1. The smallest absolute Gasteiger partial charge is 0.253 e. The lowest BCUT2D eigenvalue weighted by atomic mass is 10.00. The van der Waals surface area contributed by atoms with Gasteiger partial charge in [-0.15, -0.1) is 0 Å². The molecule has 3 aromatic heterocycles. The monoisotopic (exact) mass is 442 g/mol. The molecule has 4 aromatic rings. The molecule has 2 N–H and O–H groups in total. The van der Waals surface area contributed by atoms with Gasteiger partial charge in [0.2, 0.25) is 0 Å². The fraction of sp³-hybridized carbons (Fsp3) is 0.296. The van der Waals surface area contributed by atoms with Gasteiger partial charge in [0.25, 0.3) is 11.5 Å². The Morgan fingerprint density at radius 3 is 2.70 bits per heavy atom. The molecule has 6 heteroatoms. The van der Waals surface area contributed by atoms with Crippen LogP contribution in [0.15, 0.2) is 59.8 Å². The van der Waals surface area contributed by atoms with Crippen molar-refractivity contribution in [2.75, 3.05) is 0 Å². The number of nitrogens with one attached hydrogen (secondary N) is 2. The van der Waals surface area contributed by atoms with Crippen LogP contribution < -0.4 is 10.9 Å². The highest BCUT2D eigenvalue weighted by atomic mass is 16.1. The summed E-state index contributed by atoms with van der Waals surface area (Å²) in [5.41, 5.74) is 5.77. The number of aryl methyl sites for hydroxylation is 2. The first-order valence-corrected chi connectivity index (χ1v) is 11.4. The average Bonchev–Trinajstić information content (AvgIpc) is 3.23. The zero-order chi connectivity index (χ0) is 23.5. The highest BCUT2D eigenvalue weighted by molar-refractivity contribution is 6.08. The van der Waals surface area contributed by atoms with Crippen molar-refractivity contribution >= 4 is 16.8 Å². The predicted octanol–water partition coefficient (Wildman–Crippen LogP) is 5.16. The Hall–Kier alpha value is -3.67. The number of aromatic nitrogens is 3. The average molecular weight is 443 g/mol. The van der Waals surface area contributed by atoms with Gasteiger partial charge in [-0.1, -0.05) is 19.4 Å². The van der Waals surface area contributed by atoms with Crippen molar-refractivity contribution in [1.82, 2.24) is 19.9 Å². The lowest BCUT2D eigenvalue weighted by Crippen LogP contribution is -2.28. The summed E-state index contributed by atoms with van der Waals surface area (Å²) in [6.07, 6.45) is 7.28. The molecule has 3 heterocycles. The molecule has 4 rings (SSSR count). The van der Waals surface area contributed by atoms with Crippen molar-refractivity contribution in [3.05, 3.63) is 87.7 Å². The van der Waals surface area contributed by atoms with Gasteiger partial charge >= 0.3 is 0 Å². The number of nitrogens with zero attached hydrogens (tertiary/aromatic N) is 2. The zero-order valence-corrected chi connectivity index (χ0v) is 19.6. The van der Waals surface area contributed by atoms with Gasteiger partial charge < -0.3 is 14.9 Å². The van der Waals surface area contributed by atoms with E-state index >= 15 is 0 Å². The number of carbonyl (C=O) groups excluding carboxylic acids is 1. The van der Waals surface area contributed by atoms with Gasteiger partial charge in [0.15, 0.2) is 0 Å². The van der Waals surface area contributed by atoms with Crippen LogP contribution in [-0.4, -0.2) is 20.4 Å². The first-order chi connectivity index (χ1) is 15.9. The van der Waals surface area contributed by atoms with Crippen molar-refractivity contribution in [1.29, 1.82) is 0 Å². The molecule has 6 nitrogen and oxygen atoms in total. The molecule has 0 atom stereocenters. The van der Waals surface area contributed by atoms with Crippen molar-refractivity contribution in [2.24, 2.45) is 0 Å². The van der Waals surface area contributed by atoms with Gasteiger partial charge in [-0.05, 0) is 68.7 Å². The van der Waals surface area contributed by atoms with Crippen LogP contribution in [0.25, 0.3) is 22.0 Å². The van der Waals surface area contributed by atoms with Crippen LogP contribution in [0, 0.1) is 6.92 Å². The highest BCUT2D eigenvalue weighted by Gasteiger charge is 2.17. The van der Waals surface area contributed by atoms with Crippen molar-refractivity contribution in [2.45, 2.75) is 53.1 Å². The molecule has 0 fully saturated rings. The predicted molar refractivity (Wildman–Crippen MR) is 133 cm³/mol. The number of fused-ring (bicyclic) bond motifs is 1. The third kappa shape index (κ3) is 4.60. The van der Waals surface area contributed by atoms with E-state index < -0.39 is 0 Å². The van der Waals surface area contributed by atoms with Crippen LogP contribution in [0.4, 0.5) is 0 Å². The molecule has 0 spiro atoms. The molecule has 33 heavy (non-hydrogen) atoms. The maximum atomic E-state index is 13.4. The van der Waals surface area contributed by atoms with E-state index in [1.807, 2.05) is 43.5 Å². The summed E-state index contributed by atoms with van der Waals surface area (Å²) in [4.78, 5) is 33.1. The number of H-pyrrole nitrogens is 1. The van der Waals surface area contributed by atoms with E-state index in [9.17, 15) is 9.59 Å². The fourth-order valence-electron chi connectivity index (χ4n) is 4.34. The second kappa shape index (κ2) is 9.45. The molecule has 0 saturated carbocycles. The molecule has 0 radical (unpaired) electrons. The fourth-order valence-corrected chi connectivity index (χ4v) is 4.34. The quantitative estimate of drug-likeness (QED) is 0.415. The number of aromatic amines is 1. The largest absolute Gasteiger partial charge is 0.348 e. The Kier molecular flexibility index (Phi) is 6.45. The third-order valence-electron chi connectivity index (χ3n) is 5.94. The van der Waals surface area contributed by atoms with Crippen molar-refractivity contribution in [3.8, 4) is 11.1 Å². The number of hydrogen-bond acceptors (Lipinski definition) is 3. The molecule has 0 aliphatic carbocycles. The van der Waals surface area contributed by atoms with E-state index in [4.69, 9.17) is 0 Å². The molecule has 1 amide bonds. The van der Waals surface area contributed by atoms with E-state index in [0.29, 0.717) is 11.1 Å². The number of amides is 1. The van der Waals surface area contributed by atoms with Gasteiger partial charge in [-0.2, -0.15) is 0 Å². The molecule has 0 aliphatic heterocycles. The lowest BCUT2D eigenvalue weighted by molar-refractivity contribution is 0.0952. The number of carbonyl (C=O) groups is 1. The van der Waals surface area contributed by atoms with Crippen LogP contribution >= 0.6 is 0 Å². The topological polar surface area (TPSA) is 79.8 Å². The summed E-state index contributed by atoms with van der Waals surface area (Å²) in [5.74, 6) is -0.199. The van der Waals surface area contributed by atoms with Crippen LogP contribution in [0.3, 0.4) is 0 Å². The van der Waals surface area contributed by atoms with E-state index in [1.165, 1.54) is 0 Å². The molecular weight excluding hydrogens is 412 g/mol. The maximum absolute atomic E-state index is 13.4. The molecule has 170 valence electrons. The minimum atomic E-state index is -0.199. The minimum absolute atomic E-state index is 0.140. The summed E-state index contributed by atoms with van der Waals surface area (Å²) in [5, 5.41) is 3.89. The molecular formula is C27H30N4O2. The summed E-state index contributed by atoms with van der Waals surface area (Å²) in [6.45, 7) is 8.39. The van der Waals surface area contributed by atoms with E-state index in [2.05, 4.69) is 46.7 Å². The van der Waals surface area contributed by atoms with Crippen LogP contribution in [0.5, 0.6) is 0 Å². The summed E-state index contributed by atoms with van der Waals surface area (Å²) in [7, 11) is 0. The lowest BCUT2D eigenvalue weighted by Gasteiger charge is -2.14. The number of pyridine rings is 2. The minimum Gasteiger partial charge on any atom is -0.348 e. The highest BCUT2D eigenvalue weighted by Crippen LogP contribution is 2.30. The van der Waals surface area contributed by atoms with Gasteiger partial charge in [0, 0.05) is 64.5 Å². The standard InChI is InChI=1S/C27H30N4O2/c1-5-7-19-12-18(4)30-27(33)24(19)16-29-26(32)23-13-21(20-8-6-10-28-15-20)14-25-22(23)9-11-31(25)17(2)3/h6,8-15,17H,5,7,16H2,1-4H3,(H,29,32)(H,30,33). The molecule has 0 aliphatic rings. The second-order valence-corrected chi connectivity index (χ2v) is 8.73. The SMILES string of the molecule is CCCc1cc(C)[nH]c(=O)c1CNC(=O)c1cc(-c2cccnc2)cc2c1ccn2C(C)C. The second-order valence-electron chi connectivity index (χ2n) is 8.73. The Morgan fingerprint density at radius 2 is 2.00 bits per heavy atom. The van der Waals surface area contributed by atoms with Gasteiger partial charge in [0.05, 0.1) is 0 Å². The maximum Gasteiger partial charge on any atom is 0.253 e. The van der Waals surface area contributed by atoms with Crippen LogP contribution in [0.2, 0.25) is 0 Å². The third-order valence-corrected chi connectivity index (χ3v) is 5.94. The van der Waals surface area contributed by atoms with E-state index in [0.717, 1.165) is 46.1 Å².